The average Bonchev–Trinajstić information content (AvgIpc) is 2.34. The number of aliphatic carboxylic acids is 1. The van der Waals surface area contributed by atoms with E-state index in [4.69, 9.17) is 5.11 Å². The lowest BCUT2D eigenvalue weighted by atomic mass is 9.85. The van der Waals surface area contributed by atoms with Crippen LogP contribution in [0.15, 0.2) is 0 Å². The van der Waals surface area contributed by atoms with Crippen LogP contribution in [-0.2, 0) is 4.79 Å². The minimum Gasteiger partial charge on any atom is -0.480 e. The van der Waals surface area contributed by atoms with Crippen molar-refractivity contribution < 1.29 is 14.7 Å². The zero-order chi connectivity index (χ0) is 14.6. The van der Waals surface area contributed by atoms with Crippen molar-refractivity contribution in [2.45, 2.75) is 58.5 Å². The van der Waals surface area contributed by atoms with Gasteiger partial charge in [0.2, 0.25) is 0 Å². The molecule has 0 bridgehead atoms. The van der Waals surface area contributed by atoms with Gasteiger partial charge in [0, 0.05) is 13.1 Å². The molecule has 0 aromatic heterocycles. The van der Waals surface area contributed by atoms with Crippen molar-refractivity contribution in [3.8, 4) is 0 Å². The second kappa shape index (κ2) is 6.78. The van der Waals surface area contributed by atoms with Crippen molar-refractivity contribution in [2.24, 2.45) is 11.8 Å². The molecule has 0 aromatic carbocycles. The summed E-state index contributed by atoms with van der Waals surface area (Å²) in [6.07, 6.45) is 4.50. The van der Waals surface area contributed by atoms with Crippen molar-refractivity contribution >= 4 is 12.0 Å². The zero-order valence-corrected chi connectivity index (χ0v) is 12.3. The van der Waals surface area contributed by atoms with Crippen LogP contribution in [0.5, 0.6) is 0 Å². The fraction of sp³-hybridized carbons (Fsp3) is 0.857. The van der Waals surface area contributed by atoms with Gasteiger partial charge in [-0.3, -0.25) is 0 Å². The zero-order valence-electron chi connectivity index (χ0n) is 12.3. The van der Waals surface area contributed by atoms with E-state index in [1.807, 2.05) is 0 Å². The molecule has 0 saturated heterocycles. The van der Waals surface area contributed by atoms with Crippen LogP contribution in [0.25, 0.3) is 0 Å². The summed E-state index contributed by atoms with van der Waals surface area (Å²) in [5.74, 6) is -0.626. The van der Waals surface area contributed by atoms with Crippen molar-refractivity contribution in [1.82, 2.24) is 10.2 Å². The first-order chi connectivity index (χ1) is 8.84. The van der Waals surface area contributed by atoms with Crippen molar-refractivity contribution in [3.05, 3.63) is 0 Å². The number of rotatable bonds is 4. The lowest BCUT2D eigenvalue weighted by Gasteiger charge is -2.37. The molecule has 1 aliphatic rings. The number of hydrogen-bond donors (Lipinski definition) is 2. The Hall–Kier alpha value is -1.26. The average molecular weight is 270 g/mol. The maximum atomic E-state index is 12.2. The second-order valence-corrected chi connectivity index (χ2v) is 5.95. The van der Waals surface area contributed by atoms with Crippen LogP contribution in [0.1, 0.15) is 46.5 Å². The summed E-state index contributed by atoms with van der Waals surface area (Å²) < 4.78 is 0. The molecule has 110 valence electrons. The summed E-state index contributed by atoms with van der Waals surface area (Å²) in [4.78, 5) is 24.9. The van der Waals surface area contributed by atoms with Gasteiger partial charge >= 0.3 is 12.0 Å². The van der Waals surface area contributed by atoms with Crippen LogP contribution < -0.4 is 5.32 Å². The maximum absolute atomic E-state index is 12.2. The topological polar surface area (TPSA) is 69.6 Å². The van der Waals surface area contributed by atoms with Crippen molar-refractivity contribution in [1.29, 1.82) is 0 Å². The van der Waals surface area contributed by atoms with E-state index in [-0.39, 0.29) is 18.0 Å². The lowest BCUT2D eigenvalue weighted by molar-refractivity contribution is -0.140. The van der Waals surface area contributed by atoms with E-state index in [9.17, 15) is 9.59 Å². The second-order valence-electron chi connectivity index (χ2n) is 5.95. The summed E-state index contributed by atoms with van der Waals surface area (Å²) in [6.45, 7) is 5.75. The van der Waals surface area contributed by atoms with Gasteiger partial charge in [0.25, 0.3) is 0 Å². The van der Waals surface area contributed by atoms with E-state index in [2.05, 4.69) is 12.2 Å². The highest BCUT2D eigenvalue weighted by molar-refractivity contribution is 5.82. The molecule has 1 rings (SSSR count). The number of urea groups is 1. The van der Waals surface area contributed by atoms with E-state index < -0.39 is 12.0 Å². The first kappa shape index (κ1) is 15.8. The first-order valence-corrected chi connectivity index (χ1v) is 7.10. The smallest absolute Gasteiger partial charge is 0.326 e. The van der Waals surface area contributed by atoms with E-state index >= 15 is 0 Å². The van der Waals surface area contributed by atoms with Crippen LogP contribution >= 0.6 is 0 Å². The van der Waals surface area contributed by atoms with Gasteiger partial charge in [-0.15, -0.1) is 0 Å². The van der Waals surface area contributed by atoms with Crippen LogP contribution in [0.4, 0.5) is 4.79 Å². The Morgan fingerprint density at radius 3 is 2.32 bits per heavy atom. The molecule has 0 spiro atoms. The van der Waals surface area contributed by atoms with Crippen molar-refractivity contribution in [2.75, 3.05) is 7.05 Å². The Bertz CT molecular complexity index is 331. The Labute approximate surface area is 115 Å². The summed E-state index contributed by atoms with van der Waals surface area (Å²) >= 11 is 0. The molecule has 2 amide bonds. The monoisotopic (exact) mass is 270 g/mol. The molecule has 19 heavy (non-hydrogen) atoms. The number of carboxylic acid groups (broad SMARTS) is 1. The highest BCUT2D eigenvalue weighted by atomic mass is 16.4. The summed E-state index contributed by atoms with van der Waals surface area (Å²) in [5, 5.41) is 11.7. The van der Waals surface area contributed by atoms with E-state index in [0.717, 1.165) is 19.3 Å². The van der Waals surface area contributed by atoms with E-state index in [1.54, 1.807) is 25.8 Å². The van der Waals surface area contributed by atoms with Crippen LogP contribution in [0.3, 0.4) is 0 Å². The molecule has 3 atom stereocenters. The third-order valence-electron chi connectivity index (χ3n) is 4.10. The number of nitrogens with one attached hydrogen (secondary N) is 1. The lowest BCUT2D eigenvalue weighted by Crippen LogP contribution is -2.53. The summed E-state index contributed by atoms with van der Waals surface area (Å²) in [7, 11) is 1.76. The fourth-order valence-electron chi connectivity index (χ4n) is 2.77. The molecule has 1 fully saturated rings. The highest BCUT2D eigenvalue weighted by Gasteiger charge is 2.30. The quantitative estimate of drug-likeness (QED) is 0.823. The normalized spacial score (nSPS) is 24.9. The highest BCUT2D eigenvalue weighted by Crippen LogP contribution is 2.27. The predicted molar refractivity (Wildman–Crippen MR) is 74.0 cm³/mol. The molecule has 0 heterocycles. The van der Waals surface area contributed by atoms with Gasteiger partial charge in [-0.2, -0.15) is 0 Å². The number of hydrogen-bond acceptors (Lipinski definition) is 2. The number of carboxylic acids is 1. The van der Waals surface area contributed by atoms with E-state index in [0.29, 0.717) is 5.92 Å². The molecule has 5 nitrogen and oxygen atoms in total. The summed E-state index contributed by atoms with van der Waals surface area (Å²) in [6, 6.07) is -0.885. The van der Waals surface area contributed by atoms with Crippen LogP contribution in [-0.4, -0.2) is 41.1 Å². The Balaban J connectivity index is 2.63. The molecule has 1 aliphatic carbocycles. The number of nitrogens with zero attached hydrogens (tertiary/aromatic N) is 1. The van der Waals surface area contributed by atoms with Crippen molar-refractivity contribution in [3.63, 3.8) is 0 Å². The van der Waals surface area contributed by atoms with Gasteiger partial charge in [0.05, 0.1) is 0 Å². The first-order valence-electron chi connectivity index (χ1n) is 7.10. The predicted octanol–water partition coefficient (Wildman–Crippen LogP) is 2.32. The molecule has 5 heteroatoms. The standard InChI is InChI=1S/C14H26N2O3/c1-9(2)12(13(17)18)15-14(19)16(4)11-8-6-5-7-10(11)3/h9-12H,5-8H2,1-4H3,(H,15,19)(H,17,18)/t10?,11?,12-/m0/s1. The fourth-order valence-corrected chi connectivity index (χ4v) is 2.77. The Morgan fingerprint density at radius 2 is 1.84 bits per heavy atom. The molecule has 2 N–H and O–H groups in total. The molecule has 1 saturated carbocycles. The number of carbonyl (C=O) groups is 2. The van der Waals surface area contributed by atoms with Gasteiger partial charge < -0.3 is 15.3 Å². The Kier molecular flexibility index (Phi) is 5.63. The minimum atomic E-state index is -0.978. The van der Waals surface area contributed by atoms with Crippen LogP contribution in [0.2, 0.25) is 0 Å². The molecule has 2 unspecified atom stereocenters. The minimum absolute atomic E-state index is 0.126. The maximum Gasteiger partial charge on any atom is 0.326 e. The van der Waals surface area contributed by atoms with Gasteiger partial charge in [0.15, 0.2) is 0 Å². The van der Waals surface area contributed by atoms with Gasteiger partial charge in [-0.25, -0.2) is 9.59 Å². The molecular formula is C14H26N2O3. The number of amides is 2. The van der Waals surface area contributed by atoms with Crippen LogP contribution in [0, 0.1) is 11.8 Å². The largest absolute Gasteiger partial charge is 0.480 e. The third-order valence-corrected chi connectivity index (χ3v) is 4.10. The molecule has 0 aromatic rings. The summed E-state index contributed by atoms with van der Waals surface area (Å²) in [5.41, 5.74) is 0. The number of carbonyl (C=O) groups excluding carboxylic acids is 1. The SMILES string of the molecule is CC1CCCCC1N(C)C(=O)N[C@H](C(=O)O)C(C)C. The van der Waals surface area contributed by atoms with Gasteiger partial charge in [0.1, 0.15) is 6.04 Å². The molecule has 0 aliphatic heterocycles. The molecular weight excluding hydrogens is 244 g/mol. The Morgan fingerprint density at radius 1 is 1.26 bits per heavy atom. The third kappa shape index (κ3) is 4.11. The van der Waals surface area contributed by atoms with Gasteiger partial charge in [-0.1, -0.05) is 33.6 Å². The van der Waals surface area contributed by atoms with Gasteiger partial charge in [-0.05, 0) is 24.7 Å². The molecule has 0 radical (unpaired) electrons. The van der Waals surface area contributed by atoms with E-state index in [1.165, 1.54) is 6.42 Å².